The van der Waals surface area contributed by atoms with Gasteiger partial charge >= 0.3 is 6.01 Å². The van der Waals surface area contributed by atoms with E-state index in [0.717, 1.165) is 5.56 Å². The topological polar surface area (TPSA) is 116 Å². The van der Waals surface area contributed by atoms with Crippen LogP contribution in [0.3, 0.4) is 0 Å². The van der Waals surface area contributed by atoms with E-state index in [-0.39, 0.29) is 78.6 Å². The van der Waals surface area contributed by atoms with Crippen LogP contribution in [0.1, 0.15) is 25.8 Å². The van der Waals surface area contributed by atoms with E-state index in [1.54, 1.807) is 15.9 Å². The second-order valence-electron chi connectivity index (χ2n) is 11.8. The van der Waals surface area contributed by atoms with Crippen LogP contribution in [-0.2, 0) is 4.79 Å². The van der Waals surface area contributed by atoms with Gasteiger partial charge < -0.3 is 20.3 Å². The average Bonchev–Trinajstić information content (AvgIpc) is 3.55. The molecule has 0 spiro atoms. The van der Waals surface area contributed by atoms with Gasteiger partial charge in [0, 0.05) is 61.2 Å². The molecular weight excluding hydrogens is 609 g/mol. The molecule has 2 aromatic heterocycles. The summed E-state index contributed by atoms with van der Waals surface area (Å²) >= 11 is 6.87. The van der Waals surface area contributed by atoms with Crippen LogP contribution in [0, 0.1) is 12.7 Å². The van der Waals surface area contributed by atoms with Gasteiger partial charge in [-0.05, 0) is 44.5 Å². The molecule has 10 nitrogen and oxygen atoms in total. The number of nitrogens with two attached hydrogens (primary N) is 1. The lowest BCUT2D eigenvalue weighted by Gasteiger charge is -2.44. The number of likely N-dealkylation sites (tertiary alicyclic amines) is 1. The summed E-state index contributed by atoms with van der Waals surface area (Å²) in [6.07, 6.45) is 1.08. The number of hydrogen-bond donors (Lipinski definition) is 2. The maximum absolute atomic E-state index is 16.9. The third kappa shape index (κ3) is 5.63. The van der Waals surface area contributed by atoms with Crippen molar-refractivity contribution in [1.82, 2.24) is 30.0 Å². The number of benzene rings is 2. The van der Waals surface area contributed by atoms with Gasteiger partial charge in [-0.3, -0.25) is 14.8 Å². The predicted molar refractivity (Wildman–Crippen MR) is 168 cm³/mol. The smallest absolute Gasteiger partial charge is 0.319 e. The monoisotopic (exact) mass is 642 g/mol. The number of carbonyl (C=O) groups is 1. The first-order valence-electron chi connectivity index (χ1n) is 14.7. The number of H-pyrrole nitrogens is 1. The maximum atomic E-state index is 16.9. The van der Waals surface area contributed by atoms with E-state index in [1.165, 1.54) is 6.08 Å². The third-order valence-corrected chi connectivity index (χ3v) is 8.96. The Hall–Kier alpha value is -4.10. The first-order chi connectivity index (χ1) is 21.4. The van der Waals surface area contributed by atoms with Crippen LogP contribution in [-0.4, -0.2) is 93.2 Å². The van der Waals surface area contributed by atoms with E-state index < -0.39 is 11.7 Å². The zero-order chi connectivity index (χ0) is 32.2. The van der Waals surface area contributed by atoms with Gasteiger partial charge in [-0.1, -0.05) is 24.2 Å². The first-order valence-corrected chi connectivity index (χ1v) is 15.1. The van der Waals surface area contributed by atoms with Gasteiger partial charge in [0.2, 0.25) is 5.91 Å². The minimum atomic E-state index is -2.73. The fraction of sp³-hybridized carbons (Fsp3) is 0.419. The molecular formula is C31H34ClF3N8O2. The Bertz CT molecular complexity index is 1820. The number of nitrogens with zero attached hydrogens (tertiary/aromatic N) is 6. The van der Waals surface area contributed by atoms with Gasteiger partial charge in [-0.15, -0.1) is 0 Å². The SMILES string of the molecule is C=CC(=O)N1C[C@H](C)N(c2nc(OCCN3CCC(F)(F)C3)nc3c(F)c(-c4c(C)ccc5[nH]nc(N)c45)c(Cl)cc23)C[C@H]1C. The number of fused-ring (bicyclic) bond motifs is 2. The highest BCUT2D eigenvalue weighted by Gasteiger charge is 2.38. The van der Waals surface area contributed by atoms with Gasteiger partial charge in [0.15, 0.2) is 11.6 Å². The Morgan fingerprint density at radius 3 is 2.73 bits per heavy atom. The van der Waals surface area contributed by atoms with Crippen LogP contribution < -0.4 is 15.4 Å². The molecule has 4 heterocycles. The largest absolute Gasteiger partial charge is 0.462 e. The van der Waals surface area contributed by atoms with Crippen LogP contribution in [0.4, 0.5) is 24.8 Å². The summed E-state index contributed by atoms with van der Waals surface area (Å²) < 4.78 is 50.2. The maximum Gasteiger partial charge on any atom is 0.319 e. The first kappa shape index (κ1) is 30.9. The number of carbonyl (C=O) groups excluding carboxylic acids is 1. The zero-order valence-corrected chi connectivity index (χ0v) is 26.0. The van der Waals surface area contributed by atoms with Gasteiger partial charge in [0.1, 0.15) is 17.9 Å². The van der Waals surface area contributed by atoms with Gasteiger partial charge in [-0.25, -0.2) is 13.2 Å². The molecule has 2 fully saturated rings. The summed E-state index contributed by atoms with van der Waals surface area (Å²) in [6.45, 7) is 10.2. The highest BCUT2D eigenvalue weighted by molar-refractivity contribution is 6.35. The van der Waals surface area contributed by atoms with Crippen LogP contribution in [0.2, 0.25) is 5.02 Å². The predicted octanol–water partition coefficient (Wildman–Crippen LogP) is 5.19. The number of amides is 1. The summed E-state index contributed by atoms with van der Waals surface area (Å²) in [5.41, 5.74) is 8.12. The summed E-state index contributed by atoms with van der Waals surface area (Å²) in [7, 11) is 0. The summed E-state index contributed by atoms with van der Waals surface area (Å²) in [6, 6.07) is 4.75. The highest BCUT2D eigenvalue weighted by atomic mass is 35.5. The van der Waals surface area contributed by atoms with E-state index in [4.69, 9.17) is 27.1 Å². The lowest BCUT2D eigenvalue weighted by Crippen LogP contribution is -2.58. The molecule has 238 valence electrons. The number of halogens is 4. The van der Waals surface area contributed by atoms with Crippen molar-refractivity contribution in [3.05, 3.63) is 47.3 Å². The van der Waals surface area contributed by atoms with E-state index in [2.05, 4.69) is 21.8 Å². The number of rotatable bonds is 7. The van der Waals surface area contributed by atoms with Gasteiger partial charge in [-0.2, -0.15) is 15.1 Å². The Kier molecular flexibility index (Phi) is 8.02. The molecule has 45 heavy (non-hydrogen) atoms. The Morgan fingerprint density at radius 1 is 1.24 bits per heavy atom. The van der Waals surface area contributed by atoms with Crippen molar-refractivity contribution in [2.75, 3.05) is 50.0 Å². The lowest BCUT2D eigenvalue weighted by molar-refractivity contribution is -0.128. The van der Waals surface area contributed by atoms with Crippen LogP contribution in [0.15, 0.2) is 30.9 Å². The molecule has 0 bridgehead atoms. The molecule has 0 radical (unpaired) electrons. The molecule has 6 rings (SSSR count). The van der Waals surface area contributed by atoms with Crippen molar-refractivity contribution < 1.29 is 22.7 Å². The van der Waals surface area contributed by atoms with Gasteiger partial charge in [0.25, 0.3) is 5.92 Å². The van der Waals surface area contributed by atoms with Crippen molar-refractivity contribution in [1.29, 1.82) is 0 Å². The van der Waals surface area contributed by atoms with Crippen molar-refractivity contribution >= 4 is 50.9 Å². The fourth-order valence-corrected chi connectivity index (χ4v) is 6.63. The number of aromatic amines is 1. The van der Waals surface area contributed by atoms with Gasteiger partial charge in [0.05, 0.1) is 22.5 Å². The Labute approximate surface area is 263 Å². The second kappa shape index (κ2) is 11.7. The molecule has 0 unspecified atom stereocenters. The summed E-state index contributed by atoms with van der Waals surface area (Å²) in [5, 5.41) is 7.99. The van der Waals surface area contributed by atoms with E-state index in [9.17, 15) is 13.6 Å². The lowest BCUT2D eigenvalue weighted by atomic mass is 9.94. The normalized spacial score (nSPS) is 20.3. The Balaban J connectivity index is 1.46. The number of nitrogen functional groups attached to an aromatic ring is 1. The second-order valence-corrected chi connectivity index (χ2v) is 12.2. The summed E-state index contributed by atoms with van der Waals surface area (Å²) in [5.74, 6) is -3.01. The molecule has 1 amide bonds. The quantitative estimate of drug-likeness (QED) is 0.265. The van der Waals surface area contributed by atoms with Crippen LogP contribution in [0.5, 0.6) is 6.01 Å². The Morgan fingerprint density at radius 2 is 2.02 bits per heavy atom. The average molecular weight is 643 g/mol. The minimum absolute atomic E-state index is 0.0231. The number of nitrogens with one attached hydrogen (secondary N) is 1. The van der Waals surface area contributed by atoms with Crippen molar-refractivity contribution in [3.8, 4) is 17.1 Å². The van der Waals surface area contributed by atoms with E-state index >= 15 is 4.39 Å². The van der Waals surface area contributed by atoms with Crippen molar-refractivity contribution in [2.24, 2.45) is 0 Å². The molecule has 2 aliphatic rings. The fourth-order valence-electron chi connectivity index (χ4n) is 6.35. The number of anilines is 2. The molecule has 14 heteroatoms. The molecule has 2 atom stereocenters. The molecule has 0 aliphatic carbocycles. The molecule has 2 aromatic carbocycles. The third-order valence-electron chi connectivity index (χ3n) is 8.66. The van der Waals surface area contributed by atoms with Crippen LogP contribution >= 0.6 is 11.6 Å². The van der Waals surface area contributed by atoms with Crippen molar-refractivity contribution in [3.63, 3.8) is 0 Å². The molecule has 4 aromatic rings. The highest BCUT2D eigenvalue weighted by Crippen LogP contribution is 2.44. The minimum Gasteiger partial charge on any atom is -0.462 e. The van der Waals surface area contributed by atoms with Crippen LogP contribution in [0.25, 0.3) is 32.9 Å². The number of ether oxygens (including phenoxy) is 1. The molecule has 3 N–H and O–H groups in total. The molecule has 0 saturated carbocycles. The molecule has 2 aliphatic heterocycles. The van der Waals surface area contributed by atoms with Crippen molar-refractivity contribution in [2.45, 2.75) is 45.2 Å². The zero-order valence-electron chi connectivity index (χ0n) is 25.2. The number of aryl methyl sites for hydroxylation is 1. The number of hydrogen-bond acceptors (Lipinski definition) is 8. The standard InChI is InChI=1S/C31H34ClF3N8O2/c1-5-22(44)42-13-18(4)43(14-17(42)3)29-19-12-20(32)24(23-16(2)6-7-21-25(23)28(36)40-39-21)26(33)27(19)37-30(38-29)45-11-10-41-9-8-31(34,35)15-41/h5-7,12,17-18H,1,8-11,13-15H2,2-4H3,(H3,36,39,40)/t17-,18+/m1/s1. The number of piperazine rings is 1. The molecule has 2 saturated heterocycles. The number of alkyl halides is 2. The van der Waals surface area contributed by atoms with E-state index in [0.29, 0.717) is 40.8 Å². The van der Waals surface area contributed by atoms with E-state index in [1.807, 2.05) is 37.8 Å². The number of aromatic nitrogens is 4. The summed E-state index contributed by atoms with van der Waals surface area (Å²) in [4.78, 5) is 27.0.